The summed E-state index contributed by atoms with van der Waals surface area (Å²) in [4.78, 5) is 34.2. The Morgan fingerprint density at radius 3 is 2.70 bits per heavy atom. The molecule has 238 valence electrons. The number of benzene rings is 4. The number of rotatable bonds is 2. The van der Waals surface area contributed by atoms with Gasteiger partial charge >= 0.3 is 0 Å². The van der Waals surface area contributed by atoms with Gasteiger partial charge in [-0.1, -0.05) is 30.3 Å². The standard InChI is InChI=1S/C38H35N3O6/c1-22-6-4-7-29-30(18-23(2)40-35(22)29)38(44)41-16-14-24-19-26-9-11-28(24)36(41)25-8-13-33(45-3)34(20-25)46-17-5-15-39-37(43)31-21-27(47-26)10-12-32(31)42/h4,6-13,18-21,36,42H,5,14-17H2,1-3H3,(H,39,43). The highest BCUT2D eigenvalue weighted by Crippen LogP contribution is 2.42. The third kappa shape index (κ3) is 5.69. The van der Waals surface area contributed by atoms with Gasteiger partial charge in [-0.3, -0.25) is 14.6 Å². The molecule has 1 aromatic heterocycles. The van der Waals surface area contributed by atoms with E-state index in [1.165, 1.54) is 12.1 Å². The Hall–Kier alpha value is -5.57. The molecule has 0 spiro atoms. The van der Waals surface area contributed by atoms with Crippen molar-refractivity contribution in [2.24, 2.45) is 0 Å². The maximum Gasteiger partial charge on any atom is 0.255 e. The summed E-state index contributed by atoms with van der Waals surface area (Å²) in [6.07, 6.45) is 1.13. The maximum atomic E-state index is 14.7. The number of aryl methyl sites for hydroxylation is 2. The van der Waals surface area contributed by atoms with Crippen molar-refractivity contribution in [3.8, 4) is 28.7 Å². The molecular formula is C38H35N3O6. The van der Waals surface area contributed by atoms with Crippen molar-refractivity contribution in [1.82, 2.24) is 15.2 Å². The van der Waals surface area contributed by atoms with Crippen LogP contribution in [0.5, 0.6) is 28.7 Å². The molecule has 1 atom stereocenters. The number of nitrogens with zero attached hydrogens (tertiary/aromatic N) is 2. The van der Waals surface area contributed by atoms with E-state index in [1.807, 2.05) is 79.4 Å². The van der Waals surface area contributed by atoms with Crippen LogP contribution >= 0.6 is 0 Å². The van der Waals surface area contributed by atoms with E-state index in [9.17, 15) is 14.7 Å². The van der Waals surface area contributed by atoms with Crippen molar-refractivity contribution >= 4 is 22.7 Å². The van der Waals surface area contributed by atoms with Gasteiger partial charge in [-0.05, 0) is 97.5 Å². The first-order chi connectivity index (χ1) is 22.8. The van der Waals surface area contributed by atoms with Crippen LogP contribution in [0, 0.1) is 13.8 Å². The number of pyridine rings is 1. The first-order valence-electron chi connectivity index (χ1n) is 15.7. The quantitative estimate of drug-likeness (QED) is 0.225. The Bertz CT molecular complexity index is 2040. The molecule has 47 heavy (non-hydrogen) atoms. The molecule has 4 heterocycles. The molecule has 2 N–H and O–H groups in total. The highest BCUT2D eigenvalue weighted by Gasteiger charge is 2.34. The summed E-state index contributed by atoms with van der Waals surface area (Å²) in [7, 11) is 1.59. The Morgan fingerprint density at radius 1 is 1.02 bits per heavy atom. The number of carbonyl (C=O) groups is 2. The average Bonchev–Trinajstić information content (AvgIpc) is 3.07. The third-order valence-corrected chi connectivity index (χ3v) is 8.82. The van der Waals surface area contributed by atoms with Gasteiger partial charge in [-0.15, -0.1) is 0 Å². The van der Waals surface area contributed by atoms with Gasteiger partial charge in [0.15, 0.2) is 11.5 Å². The molecule has 3 aliphatic rings. The topological polar surface area (TPSA) is 110 Å². The summed E-state index contributed by atoms with van der Waals surface area (Å²) >= 11 is 0. The first-order valence-corrected chi connectivity index (χ1v) is 15.7. The van der Waals surface area contributed by atoms with E-state index in [2.05, 4.69) is 5.32 Å². The van der Waals surface area contributed by atoms with Gasteiger partial charge in [0.1, 0.15) is 17.2 Å². The Kier molecular flexibility index (Phi) is 7.89. The van der Waals surface area contributed by atoms with Crippen LogP contribution in [0.4, 0.5) is 0 Å². The average molecular weight is 630 g/mol. The number of fused-ring (bicyclic) bond motifs is 7. The van der Waals surface area contributed by atoms with E-state index in [-0.39, 0.29) is 17.2 Å². The van der Waals surface area contributed by atoms with Crippen molar-refractivity contribution in [2.75, 3.05) is 26.8 Å². The van der Waals surface area contributed by atoms with Gasteiger partial charge in [0.05, 0.1) is 36.4 Å². The van der Waals surface area contributed by atoms with E-state index >= 15 is 0 Å². The number of carbonyl (C=O) groups excluding carboxylic acids is 2. The van der Waals surface area contributed by atoms with Gasteiger partial charge in [0, 0.05) is 24.2 Å². The Labute approximate surface area is 272 Å². The summed E-state index contributed by atoms with van der Waals surface area (Å²) in [5.41, 5.74) is 6.28. The molecule has 9 heteroatoms. The molecule has 5 aromatic rings. The second-order valence-corrected chi connectivity index (χ2v) is 11.9. The minimum absolute atomic E-state index is 0.0742. The van der Waals surface area contributed by atoms with Crippen LogP contribution in [0.2, 0.25) is 0 Å². The minimum Gasteiger partial charge on any atom is -0.507 e. The van der Waals surface area contributed by atoms with E-state index in [4.69, 9.17) is 19.2 Å². The number of hydrogen-bond acceptors (Lipinski definition) is 7. The summed E-state index contributed by atoms with van der Waals surface area (Å²) in [6.45, 7) is 5.04. The number of aromatic hydroxyl groups is 1. The van der Waals surface area contributed by atoms with Crippen molar-refractivity contribution in [1.29, 1.82) is 0 Å². The number of para-hydroxylation sites is 1. The van der Waals surface area contributed by atoms with Crippen molar-refractivity contribution < 1.29 is 28.9 Å². The highest BCUT2D eigenvalue weighted by atomic mass is 16.5. The fourth-order valence-corrected chi connectivity index (χ4v) is 6.52. The largest absolute Gasteiger partial charge is 0.507 e. The number of nitrogens with one attached hydrogen (secondary N) is 1. The van der Waals surface area contributed by atoms with E-state index in [0.29, 0.717) is 61.1 Å². The molecule has 0 fully saturated rings. The molecule has 0 aliphatic carbocycles. The SMILES string of the molecule is COc1ccc2cc1OCCCNC(=O)c1cc(ccc1O)Oc1ccc3c(c1)CCN(C(=O)c1cc(C)nc4c(C)cccc14)C23. The molecule has 8 rings (SSSR count). The normalized spacial score (nSPS) is 16.0. The lowest BCUT2D eigenvalue weighted by molar-refractivity contribution is 0.0695. The lowest BCUT2D eigenvalue weighted by Crippen LogP contribution is -2.40. The van der Waals surface area contributed by atoms with Crippen LogP contribution in [0.25, 0.3) is 10.9 Å². The zero-order valence-electron chi connectivity index (χ0n) is 26.5. The predicted molar refractivity (Wildman–Crippen MR) is 178 cm³/mol. The van der Waals surface area contributed by atoms with Gasteiger partial charge in [-0.2, -0.15) is 0 Å². The lowest BCUT2D eigenvalue weighted by Gasteiger charge is -2.38. The number of ether oxygens (including phenoxy) is 3. The molecule has 0 radical (unpaired) electrons. The monoisotopic (exact) mass is 629 g/mol. The molecular weight excluding hydrogens is 594 g/mol. The maximum absolute atomic E-state index is 14.7. The number of aromatic nitrogens is 1. The summed E-state index contributed by atoms with van der Waals surface area (Å²) < 4.78 is 18.0. The smallest absolute Gasteiger partial charge is 0.255 e. The summed E-state index contributed by atoms with van der Waals surface area (Å²) in [5, 5.41) is 14.1. The zero-order valence-corrected chi connectivity index (χ0v) is 26.5. The number of hydrogen-bond donors (Lipinski definition) is 2. The number of amides is 2. The predicted octanol–water partition coefficient (Wildman–Crippen LogP) is 6.66. The van der Waals surface area contributed by atoms with Crippen molar-refractivity contribution in [2.45, 2.75) is 32.7 Å². The Morgan fingerprint density at radius 2 is 1.85 bits per heavy atom. The fourth-order valence-electron chi connectivity index (χ4n) is 6.52. The van der Waals surface area contributed by atoms with Crippen LogP contribution in [-0.2, 0) is 6.42 Å². The van der Waals surface area contributed by atoms with Gasteiger partial charge < -0.3 is 29.5 Å². The van der Waals surface area contributed by atoms with E-state index < -0.39 is 11.9 Å². The summed E-state index contributed by atoms with van der Waals surface area (Å²) in [5.74, 6) is 1.52. The molecule has 9 nitrogen and oxygen atoms in total. The van der Waals surface area contributed by atoms with Gasteiger partial charge in [0.2, 0.25) is 0 Å². The number of phenols is 1. The van der Waals surface area contributed by atoms with Crippen molar-refractivity contribution in [3.63, 3.8) is 0 Å². The number of methoxy groups -OCH3 is 1. The third-order valence-electron chi connectivity index (χ3n) is 8.82. The molecule has 4 aromatic carbocycles. The molecule has 0 saturated heterocycles. The lowest BCUT2D eigenvalue weighted by atomic mass is 9.87. The molecule has 8 bridgehead atoms. The molecule has 2 amide bonds. The first kappa shape index (κ1) is 30.1. The molecule has 1 unspecified atom stereocenters. The zero-order chi connectivity index (χ0) is 32.7. The van der Waals surface area contributed by atoms with Crippen LogP contribution in [0.15, 0.2) is 78.9 Å². The highest BCUT2D eigenvalue weighted by molar-refractivity contribution is 6.07. The van der Waals surface area contributed by atoms with Crippen LogP contribution < -0.4 is 19.5 Å². The molecule has 3 aliphatic heterocycles. The Balaban J connectivity index is 1.36. The van der Waals surface area contributed by atoms with Gasteiger partial charge in [-0.25, -0.2) is 0 Å². The van der Waals surface area contributed by atoms with Gasteiger partial charge in [0.25, 0.3) is 11.8 Å². The van der Waals surface area contributed by atoms with E-state index in [0.717, 1.165) is 38.9 Å². The van der Waals surface area contributed by atoms with Crippen LogP contribution in [0.1, 0.15) is 61.1 Å². The second kappa shape index (κ2) is 12.3. The fraction of sp³-hybridized carbons (Fsp3) is 0.237. The summed E-state index contributed by atoms with van der Waals surface area (Å²) in [6, 6.07) is 23.6. The van der Waals surface area contributed by atoms with Crippen LogP contribution in [-0.4, -0.2) is 53.6 Å². The number of phenolic OH excluding ortho intramolecular Hbond substituents is 1. The minimum atomic E-state index is -0.416. The second-order valence-electron chi connectivity index (χ2n) is 11.9. The van der Waals surface area contributed by atoms with E-state index in [1.54, 1.807) is 13.2 Å². The van der Waals surface area contributed by atoms with Crippen molar-refractivity contribution in [3.05, 3.63) is 118 Å². The molecule has 0 saturated carbocycles. The van der Waals surface area contributed by atoms with Crippen LogP contribution in [0.3, 0.4) is 0 Å².